The molecular formula is C20H29IN4O2. The van der Waals surface area contributed by atoms with Crippen molar-refractivity contribution in [2.24, 2.45) is 4.99 Å². The summed E-state index contributed by atoms with van der Waals surface area (Å²) in [5.74, 6) is 2.22. The number of ether oxygens (including phenoxy) is 2. The van der Waals surface area contributed by atoms with Gasteiger partial charge in [-0.2, -0.15) is 0 Å². The second-order valence-corrected chi connectivity index (χ2v) is 6.01. The van der Waals surface area contributed by atoms with E-state index < -0.39 is 0 Å². The van der Waals surface area contributed by atoms with Gasteiger partial charge in [-0.3, -0.25) is 9.98 Å². The van der Waals surface area contributed by atoms with E-state index >= 15 is 0 Å². The summed E-state index contributed by atoms with van der Waals surface area (Å²) in [6.45, 7) is 5.51. The summed E-state index contributed by atoms with van der Waals surface area (Å²) in [6.07, 6.45) is 4.60. The smallest absolute Gasteiger partial charge is 0.191 e. The van der Waals surface area contributed by atoms with Gasteiger partial charge in [0.1, 0.15) is 6.10 Å². The molecule has 0 saturated heterocycles. The molecule has 0 aliphatic rings. The van der Waals surface area contributed by atoms with Crippen LogP contribution in [0.2, 0.25) is 0 Å². The first-order valence-corrected chi connectivity index (χ1v) is 8.77. The van der Waals surface area contributed by atoms with Crippen molar-refractivity contribution in [2.75, 3.05) is 27.2 Å². The number of halogens is 1. The first-order chi connectivity index (χ1) is 12.6. The largest absolute Gasteiger partial charge is 0.493 e. The van der Waals surface area contributed by atoms with E-state index in [1.54, 1.807) is 14.2 Å². The number of aromatic nitrogens is 1. The van der Waals surface area contributed by atoms with Gasteiger partial charge >= 0.3 is 0 Å². The van der Waals surface area contributed by atoms with Gasteiger partial charge in [0.25, 0.3) is 0 Å². The zero-order valence-electron chi connectivity index (χ0n) is 16.4. The number of nitrogens with zero attached hydrogens (tertiary/aromatic N) is 2. The molecule has 1 unspecified atom stereocenters. The van der Waals surface area contributed by atoms with Gasteiger partial charge in [0.15, 0.2) is 17.5 Å². The van der Waals surface area contributed by atoms with E-state index in [1.807, 2.05) is 43.6 Å². The molecule has 0 aliphatic carbocycles. The molecule has 0 bridgehead atoms. The Morgan fingerprint density at radius 3 is 2.59 bits per heavy atom. The predicted octanol–water partition coefficient (Wildman–Crippen LogP) is 3.19. The Bertz CT molecular complexity index is 725. The molecule has 0 amide bonds. The summed E-state index contributed by atoms with van der Waals surface area (Å²) >= 11 is 0. The Labute approximate surface area is 178 Å². The Morgan fingerprint density at radius 1 is 1.19 bits per heavy atom. The van der Waals surface area contributed by atoms with Gasteiger partial charge in [-0.05, 0) is 49.6 Å². The van der Waals surface area contributed by atoms with Crippen LogP contribution >= 0.6 is 24.0 Å². The molecule has 0 radical (unpaired) electrons. The van der Waals surface area contributed by atoms with E-state index in [-0.39, 0.29) is 30.1 Å². The van der Waals surface area contributed by atoms with Crippen LogP contribution in [0.4, 0.5) is 0 Å². The van der Waals surface area contributed by atoms with Crippen LogP contribution in [0, 0.1) is 6.92 Å². The number of pyridine rings is 1. The van der Waals surface area contributed by atoms with E-state index in [9.17, 15) is 0 Å². The fourth-order valence-electron chi connectivity index (χ4n) is 2.53. The summed E-state index contributed by atoms with van der Waals surface area (Å²) < 4.78 is 11.3. The first kappa shape index (κ1) is 23.0. The Hall–Kier alpha value is -2.03. The van der Waals surface area contributed by atoms with Crippen LogP contribution in [0.15, 0.2) is 47.7 Å². The monoisotopic (exact) mass is 484 g/mol. The second kappa shape index (κ2) is 12.4. The summed E-state index contributed by atoms with van der Waals surface area (Å²) in [5.41, 5.74) is 2.49. The maximum atomic E-state index is 5.94. The van der Waals surface area contributed by atoms with Crippen LogP contribution in [-0.2, 0) is 6.42 Å². The van der Waals surface area contributed by atoms with Crippen molar-refractivity contribution >= 4 is 29.9 Å². The molecule has 2 rings (SSSR count). The highest BCUT2D eigenvalue weighted by molar-refractivity contribution is 14.0. The summed E-state index contributed by atoms with van der Waals surface area (Å²) in [7, 11) is 3.40. The fourth-order valence-corrected chi connectivity index (χ4v) is 2.53. The van der Waals surface area contributed by atoms with E-state index in [0.717, 1.165) is 30.4 Å². The zero-order chi connectivity index (χ0) is 18.8. The molecule has 2 N–H and O–H groups in total. The molecule has 0 aliphatic heterocycles. The highest BCUT2D eigenvalue weighted by Gasteiger charge is 2.09. The van der Waals surface area contributed by atoms with Crippen LogP contribution in [0.1, 0.15) is 18.1 Å². The van der Waals surface area contributed by atoms with Gasteiger partial charge in [0.2, 0.25) is 0 Å². The maximum absolute atomic E-state index is 5.94. The fraction of sp³-hybridized carbons (Fsp3) is 0.400. The number of para-hydroxylation sites is 2. The third-order valence-electron chi connectivity index (χ3n) is 4.00. The van der Waals surface area contributed by atoms with E-state index in [1.165, 1.54) is 11.1 Å². The minimum Gasteiger partial charge on any atom is -0.493 e. The lowest BCUT2D eigenvalue weighted by Gasteiger charge is -2.19. The quantitative estimate of drug-likeness (QED) is 0.342. The highest BCUT2D eigenvalue weighted by Crippen LogP contribution is 2.26. The topological polar surface area (TPSA) is 67.8 Å². The Kier molecular flexibility index (Phi) is 10.5. The number of rotatable bonds is 8. The van der Waals surface area contributed by atoms with Gasteiger partial charge in [-0.1, -0.05) is 12.1 Å². The van der Waals surface area contributed by atoms with Crippen molar-refractivity contribution in [1.82, 2.24) is 15.6 Å². The lowest BCUT2D eigenvalue weighted by Crippen LogP contribution is -2.42. The van der Waals surface area contributed by atoms with Gasteiger partial charge in [0.05, 0.1) is 13.7 Å². The lowest BCUT2D eigenvalue weighted by molar-refractivity contribution is 0.213. The third kappa shape index (κ3) is 7.62. The van der Waals surface area contributed by atoms with Crippen LogP contribution in [0.25, 0.3) is 0 Å². The molecular weight excluding hydrogens is 455 g/mol. The molecule has 1 aromatic heterocycles. The first-order valence-electron chi connectivity index (χ1n) is 8.77. The molecule has 2 aromatic rings. The molecule has 27 heavy (non-hydrogen) atoms. The normalized spacial score (nSPS) is 11.9. The number of aliphatic imine (C=N–C) groups is 1. The molecule has 1 aromatic carbocycles. The molecule has 7 heteroatoms. The second-order valence-electron chi connectivity index (χ2n) is 6.01. The highest BCUT2D eigenvalue weighted by atomic mass is 127. The van der Waals surface area contributed by atoms with Gasteiger partial charge in [0, 0.05) is 26.0 Å². The zero-order valence-corrected chi connectivity index (χ0v) is 18.7. The summed E-state index contributed by atoms with van der Waals surface area (Å²) in [5, 5.41) is 6.61. The molecule has 0 saturated carbocycles. The Morgan fingerprint density at radius 2 is 1.93 bits per heavy atom. The van der Waals surface area contributed by atoms with Crippen molar-refractivity contribution in [2.45, 2.75) is 26.4 Å². The number of benzene rings is 1. The standard InChI is InChI=1S/C20H28N4O2.HI/c1-15-13-22-11-9-17(15)10-12-23-20(21-3)24-14-16(2)26-19-8-6-5-7-18(19)25-4;/h5-9,11,13,16H,10,12,14H2,1-4H3,(H2,21,23,24);1H. The van der Waals surface area contributed by atoms with Crippen molar-refractivity contribution in [3.8, 4) is 11.5 Å². The minimum atomic E-state index is -0.0349. The molecule has 0 spiro atoms. The third-order valence-corrected chi connectivity index (χ3v) is 4.00. The van der Waals surface area contributed by atoms with E-state index in [4.69, 9.17) is 9.47 Å². The number of aryl methyl sites for hydroxylation is 1. The predicted molar refractivity (Wildman–Crippen MR) is 121 cm³/mol. The van der Waals surface area contributed by atoms with Crippen LogP contribution in [0.5, 0.6) is 11.5 Å². The average Bonchev–Trinajstić information content (AvgIpc) is 2.66. The van der Waals surface area contributed by atoms with Gasteiger partial charge in [-0.25, -0.2) is 0 Å². The molecule has 1 atom stereocenters. The van der Waals surface area contributed by atoms with Gasteiger partial charge in [-0.15, -0.1) is 24.0 Å². The number of methoxy groups -OCH3 is 1. The van der Waals surface area contributed by atoms with E-state index in [2.05, 4.69) is 33.6 Å². The molecule has 0 fully saturated rings. The van der Waals surface area contributed by atoms with Crippen molar-refractivity contribution in [3.05, 3.63) is 53.9 Å². The SMILES string of the molecule is CN=C(NCCc1ccncc1C)NCC(C)Oc1ccccc1OC.I. The molecule has 6 nitrogen and oxygen atoms in total. The average molecular weight is 484 g/mol. The number of hydrogen-bond donors (Lipinski definition) is 2. The summed E-state index contributed by atoms with van der Waals surface area (Å²) in [6, 6.07) is 9.69. The van der Waals surface area contributed by atoms with Crippen molar-refractivity contribution < 1.29 is 9.47 Å². The minimum absolute atomic E-state index is 0. The van der Waals surface area contributed by atoms with Crippen LogP contribution < -0.4 is 20.1 Å². The Balaban J connectivity index is 0.00000364. The number of nitrogens with one attached hydrogen (secondary N) is 2. The van der Waals surface area contributed by atoms with E-state index in [0.29, 0.717) is 6.54 Å². The van der Waals surface area contributed by atoms with Gasteiger partial charge < -0.3 is 20.1 Å². The number of hydrogen-bond acceptors (Lipinski definition) is 4. The lowest BCUT2D eigenvalue weighted by atomic mass is 10.1. The van der Waals surface area contributed by atoms with Crippen LogP contribution in [0.3, 0.4) is 0 Å². The molecule has 148 valence electrons. The molecule has 1 heterocycles. The van der Waals surface area contributed by atoms with Crippen molar-refractivity contribution in [1.29, 1.82) is 0 Å². The van der Waals surface area contributed by atoms with Crippen LogP contribution in [-0.4, -0.2) is 44.3 Å². The van der Waals surface area contributed by atoms with Crippen molar-refractivity contribution in [3.63, 3.8) is 0 Å². The maximum Gasteiger partial charge on any atom is 0.191 e. The summed E-state index contributed by atoms with van der Waals surface area (Å²) in [4.78, 5) is 8.38. The number of guanidine groups is 1.